The lowest BCUT2D eigenvalue weighted by molar-refractivity contribution is -0.285. The van der Waals surface area contributed by atoms with Crippen molar-refractivity contribution in [2.75, 3.05) is 26.8 Å². The van der Waals surface area contributed by atoms with Crippen LogP contribution in [0.25, 0.3) is 0 Å². The average Bonchev–Trinajstić information content (AvgIpc) is 3.59. The van der Waals surface area contributed by atoms with Gasteiger partial charge in [-0.25, -0.2) is 14.8 Å². The minimum Gasteiger partial charge on any atom is -0.482 e. The van der Waals surface area contributed by atoms with Crippen molar-refractivity contribution in [2.24, 2.45) is 0 Å². The van der Waals surface area contributed by atoms with Gasteiger partial charge < -0.3 is 19.3 Å². The molecule has 16 heteroatoms. The second kappa shape index (κ2) is 11.6. The van der Waals surface area contributed by atoms with E-state index in [1.165, 1.54) is 7.11 Å². The Balaban J connectivity index is 1.56. The Bertz CT molecular complexity index is 1310. The van der Waals surface area contributed by atoms with Crippen LogP contribution in [0, 0.1) is 0 Å². The van der Waals surface area contributed by atoms with Crippen LogP contribution in [0.4, 0.5) is 26.3 Å². The van der Waals surface area contributed by atoms with E-state index in [-0.39, 0.29) is 42.8 Å². The Labute approximate surface area is 232 Å². The number of halogens is 6. The molecule has 0 radical (unpaired) electrons. The molecule has 0 spiro atoms. The maximum atomic E-state index is 13.2. The van der Waals surface area contributed by atoms with Gasteiger partial charge in [-0.05, 0) is 31.0 Å². The van der Waals surface area contributed by atoms with Crippen LogP contribution in [-0.4, -0.2) is 58.8 Å². The second-order valence-corrected chi connectivity index (χ2v) is 10.7. The molecule has 3 atom stereocenters. The Morgan fingerprint density at radius 3 is 2.33 bits per heavy atom. The highest BCUT2D eigenvalue weighted by Crippen LogP contribution is 2.41. The Morgan fingerprint density at radius 2 is 1.75 bits per heavy atom. The van der Waals surface area contributed by atoms with E-state index in [4.69, 9.17) is 9.47 Å². The third-order valence-corrected chi connectivity index (χ3v) is 7.85. The first-order chi connectivity index (χ1) is 18.7. The van der Waals surface area contributed by atoms with Gasteiger partial charge in [-0.3, -0.25) is 4.90 Å². The van der Waals surface area contributed by atoms with Crippen molar-refractivity contribution in [2.45, 2.75) is 43.6 Å². The van der Waals surface area contributed by atoms with E-state index in [0.717, 1.165) is 16.3 Å². The van der Waals surface area contributed by atoms with E-state index in [1.54, 1.807) is 36.1 Å². The molecule has 40 heavy (non-hydrogen) atoms. The fraction of sp³-hybridized carbons (Fsp3) is 0.458. The van der Waals surface area contributed by atoms with Crippen molar-refractivity contribution >= 4 is 28.6 Å². The molecule has 1 aliphatic heterocycles. The molecule has 218 valence electrons. The van der Waals surface area contributed by atoms with Crippen molar-refractivity contribution in [3.05, 3.63) is 62.0 Å². The summed E-state index contributed by atoms with van der Waals surface area (Å²) in [5.41, 5.74) is 0.321. The summed E-state index contributed by atoms with van der Waals surface area (Å²) in [6, 6.07) is 6.44. The first-order valence-electron chi connectivity index (χ1n) is 11.7. The third kappa shape index (κ3) is 7.09. The molecule has 1 saturated heterocycles. The molecule has 1 fully saturated rings. The molecular formula is C24H23F6N3O5S2. The number of β-amino-alcohol motifs (C(OH)–C–C–N with tert-alkyl or cyclic N) is 1. The summed E-state index contributed by atoms with van der Waals surface area (Å²) in [5.74, 6) is -2.46. The maximum Gasteiger partial charge on any atom is 0.443 e. The summed E-state index contributed by atoms with van der Waals surface area (Å²) in [6.07, 6.45) is -10.2. The van der Waals surface area contributed by atoms with Gasteiger partial charge in [-0.1, -0.05) is 12.1 Å². The van der Waals surface area contributed by atoms with Gasteiger partial charge in [0.1, 0.15) is 17.5 Å². The lowest BCUT2D eigenvalue weighted by Gasteiger charge is -2.44. The molecule has 0 saturated carbocycles. The summed E-state index contributed by atoms with van der Waals surface area (Å²) < 4.78 is 94.7. The molecule has 8 nitrogen and oxygen atoms in total. The van der Waals surface area contributed by atoms with Crippen LogP contribution < -0.4 is 4.74 Å². The van der Waals surface area contributed by atoms with E-state index >= 15 is 0 Å². The predicted octanol–water partition coefficient (Wildman–Crippen LogP) is 5.04. The standard InChI is InChI=1S/C24H23F6N3O5S2/c1-13(7-14-3-5-15(6-4-14)37-9-19(34)36-2)33-8-17(16-10-39-20(31-16)23(25,26)27)38-22(35,12-33)18-11-40-21(32-18)24(28,29)30/h3-6,10-11,13,17,35H,7-9,12H2,1-2H3. The van der Waals surface area contributed by atoms with Gasteiger partial charge in [-0.15, -0.1) is 22.7 Å². The fourth-order valence-electron chi connectivity index (χ4n) is 4.03. The summed E-state index contributed by atoms with van der Waals surface area (Å²) in [6.45, 7) is 1.26. The lowest BCUT2D eigenvalue weighted by atomic mass is 10.0. The number of methoxy groups -OCH3 is 1. The molecule has 4 rings (SSSR count). The molecule has 2 aromatic heterocycles. The number of benzene rings is 1. The van der Waals surface area contributed by atoms with Crippen LogP contribution in [0.3, 0.4) is 0 Å². The number of hydrogen-bond donors (Lipinski definition) is 1. The van der Waals surface area contributed by atoms with Crippen molar-refractivity contribution in [1.29, 1.82) is 0 Å². The average molecular weight is 612 g/mol. The predicted molar refractivity (Wildman–Crippen MR) is 131 cm³/mol. The van der Waals surface area contributed by atoms with Gasteiger partial charge in [0.25, 0.3) is 0 Å². The van der Waals surface area contributed by atoms with Gasteiger partial charge >= 0.3 is 18.3 Å². The van der Waals surface area contributed by atoms with Crippen LogP contribution in [0.15, 0.2) is 35.0 Å². The number of aliphatic hydroxyl groups is 1. The summed E-state index contributed by atoms with van der Waals surface area (Å²) in [7, 11) is 1.24. The number of ether oxygens (including phenoxy) is 3. The van der Waals surface area contributed by atoms with E-state index in [0.29, 0.717) is 23.5 Å². The van der Waals surface area contributed by atoms with Gasteiger partial charge in [0.2, 0.25) is 5.79 Å². The van der Waals surface area contributed by atoms with Crippen molar-refractivity contribution in [3.63, 3.8) is 0 Å². The normalized spacial score (nSPS) is 21.3. The van der Waals surface area contributed by atoms with Gasteiger partial charge in [-0.2, -0.15) is 26.3 Å². The number of esters is 1. The number of carbonyl (C=O) groups excluding carboxylic acids is 1. The first-order valence-corrected chi connectivity index (χ1v) is 13.4. The van der Waals surface area contributed by atoms with Crippen molar-refractivity contribution in [1.82, 2.24) is 14.9 Å². The number of thiazole rings is 2. The summed E-state index contributed by atoms with van der Waals surface area (Å²) in [5, 5.41) is 11.2. The summed E-state index contributed by atoms with van der Waals surface area (Å²) >= 11 is 0.631. The highest BCUT2D eigenvalue weighted by atomic mass is 32.1. The topological polar surface area (TPSA) is 94.0 Å². The quantitative estimate of drug-likeness (QED) is 0.280. The minimum absolute atomic E-state index is 0.0150. The zero-order valence-corrected chi connectivity index (χ0v) is 22.6. The molecule has 1 aromatic carbocycles. The minimum atomic E-state index is -4.75. The Morgan fingerprint density at radius 1 is 1.12 bits per heavy atom. The van der Waals surface area contributed by atoms with Crippen molar-refractivity contribution < 1.29 is 50.5 Å². The molecule has 0 bridgehead atoms. The van der Waals surface area contributed by atoms with Crippen LogP contribution in [0.1, 0.15) is 40.0 Å². The number of hydrogen-bond acceptors (Lipinski definition) is 10. The third-order valence-electron chi connectivity index (χ3n) is 6.06. The van der Waals surface area contributed by atoms with Crippen LogP contribution in [-0.2, 0) is 38.8 Å². The van der Waals surface area contributed by atoms with Crippen LogP contribution in [0.5, 0.6) is 5.75 Å². The monoisotopic (exact) mass is 611 g/mol. The zero-order valence-electron chi connectivity index (χ0n) is 21.0. The highest BCUT2D eigenvalue weighted by molar-refractivity contribution is 7.10. The smallest absolute Gasteiger partial charge is 0.443 e. The molecule has 3 unspecified atom stereocenters. The first kappa shape index (κ1) is 30.2. The van der Waals surface area contributed by atoms with E-state index in [2.05, 4.69) is 14.7 Å². The number of carbonyl (C=O) groups is 1. The second-order valence-electron chi connectivity index (χ2n) is 8.99. The van der Waals surface area contributed by atoms with Gasteiger partial charge in [0, 0.05) is 23.3 Å². The molecular weight excluding hydrogens is 588 g/mol. The van der Waals surface area contributed by atoms with Gasteiger partial charge in [0.15, 0.2) is 16.6 Å². The SMILES string of the molecule is COC(=O)COc1ccc(CC(C)N2CC(c3csc(C(F)(F)F)n3)OC(O)(c3csc(C(F)(F)F)n3)C2)cc1. The zero-order chi connectivity index (χ0) is 29.3. The fourth-order valence-corrected chi connectivity index (χ4v) is 5.51. The molecule has 1 N–H and O–H groups in total. The van der Waals surface area contributed by atoms with E-state index < -0.39 is 45.9 Å². The van der Waals surface area contributed by atoms with Gasteiger partial charge in [0.05, 0.1) is 19.3 Å². The molecule has 3 heterocycles. The highest BCUT2D eigenvalue weighted by Gasteiger charge is 2.47. The Hall–Kier alpha value is -2.79. The van der Waals surface area contributed by atoms with Crippen LogP contribution in [0.2, 0.25) is 0 Å². The largest absolute Gasteiger partial charge is 0.482 e. The molecule has 0 aliphatic carbocycles. The van der Waals surface area contributed by atoms with Crippen LogP contribution >= 0.6 is 22.7 Å². The number of morpholine rings is 1. The molecule has 3 aromatic rings. The lowest BCUT2D eigenvalue weighted by Crippen LogP contribution is -2.54. The Kier molecular flexibility index (Phi) is 8.75. The summed E-state index contributed by atoms with van der Waals surface area (Å²) in [4.78, 5) is 20.1. The van der Waals surface area contributed by atoms with E-state index in [1.807, 2.05) is 0 Å². The molecule has 0 amide bonds. The van der Waals surface area contributed by atoms with E-state index in [9.17, 15) is 36.2 Å². The van der Waals surface area contributed by atoms with Crippen molar-refractivity contribution in [3.8, 4) is 5.75 Å². The molecule has 1 aliphatic rings. The number of aromatic nitrogens is 2. The number of alkyl halides is 6. The maximum absolute atomic E-state index is 13.2. The number of rotatable bonds is 8. The number of nitrogens with zero attached hydrogens (tertiary/aromatic N) is 3.